The van der Waals surface area contributed by atoms with Crippen molar-refractivity contribution in [3.63, 3.8) is 0 Å². The van der Waals surface area contributed by atoms with Crippen LogP contribution in [0.4, 0.5) is 25.1 Å². The number of halogens is 3. The fraction of sp³-hybridized carbons (Fsp3) is 0.700. The molecule has 0 aromatic carbocycles. The van der Waals surface area contributed by atoms with E-state index in [4.69, 9.17) is 4.74 Å². The fourth-order valence-electron chi connectivity index (χ4n) is 1.54. The van der Waals surface area contributed by atoms with Gasteiger partial charge in [-0.15, -0.1) is 0 Å². The Bertz CT molecular complexity index is 461. The van der Waals surface area contributed by atoms with Crippen molar-refractivity contribution in [3.05, 3.63) is 0 Å². The van der Waals surface area contributed by atoms with Gasteiger partial charge in [0.05, 0.1) is 6.61 Å². The molecule has 9 heteroatoms. The van der Waals surface area contributed by atoms with E-state index in [9.17, 15) is 13.2 Å². The number of hydrogen-bond acceptors (Lipinski definition) is 6. The Balaban J connectivity index is 2.22. The van der Waals surface area contributed by atoms with Crippen molar-refractivity contribution in [2.45, 2.75) is 31.5 Å². The molecule has 1 aromatic heterocycles. The van der Waals surface area contributed by atoms with E-state index in [1.807, 2.05) is 0 Å². The Morgan fingerprint density at radius 1 is 1.21 bits per heavy atom. The van der Waals surface area contributed by atoms with E-state index in [0.29, 0.717) is 6.61 Å². The Morgan fingerprint density at radius 2 is 1.84 bits per heavy atom. The first-order chi connectivity index (χ1) is 8.90. The Kier molecular flexibility index (Phi) is 3.38. The molecule has 1 aliphatic carbocycles. The van der Waals surface area contributed by atoms with Crippen molar-refractivity contribution in [1.82, 2.24) is 15.0 Å². The molecule has 0 bridgehead atoms. The van der Waals surface area contributed by atoms with Gasteiger partial charge < -0.3 is 15.4 Å². The molecule has 0 atom stereocenters. The number of aromatic nitrogens is 3. The molecule has 2 N–H and O–H groups in total. The smallest absolute Gasteiger partial charge is 0.411 e. The largest absolute Gasteiger partial charge is 0.464 e. The van der Waals surface area contributed by atoms with Crippen molar-refractivity contribution in [3.8, 4) is 6.01 Å². The monoisotopic (exact) mass is 277 g/mol. The highest BCUT2D eigenvalue weighted by molar-refractivity contribution is 5.40. The van der Waals surface area contributed by atoms with Gasteiger partial charge in [0.15, 0.2) is 0 Å². The molecule has 1 fully saturated rings. The standard InChI is InChI=1S/C10H14F3N5O/c1-3-19-8-16-6(14-2)15-7(17-8)18-9(4-5-9)10(11,12)13/h3-5H2,1-2H3,(H2,14,15,16,17,18). The van der Waals surface area contributed by atoms with Gasteiger partial charge in [0.25, 0.3) is 0 Å². The summed E-state index contributed by atoms with van der Waals surface area (Å²) in [5, 5.41) is 4.98. The number of rotatable bonds is 5. The molecule has 1 heterocycles. The quantitative estimate of drug-likeness (QED) is 0.855. The zero-order valence-electron chi connectivity index (χ0n) is 10.5. The Labute approximate surface area is 107 Å². The molecule has 106 valence electrons. The van der Waals surface area contributed by atoms with Gasteiger partial charge in [-0.3, -0.25) is 0 Å². The van der Waals surface area contributed by atoms with Crippen LogP contribution in [0.2, 0.25) is 0 Å². The molecule has 0 unspecified atom stereocenters. The van der Waals surface area contributed by atoms with Gasteiger partial charge in [-0.1, -0.05) is 0 Å². The van der Waals surface area contributed by atoms with Crippen LogP contribution < -0.4 is 15.4 Å². The molecule has 0 aliphatic heterocycles. The van der Waals surface area contributed by atoms with Crippen LogP contribution in [-0.2, 0) is 0 Å². The van der Waals surface area contributed by atoms with Crippen molar-refractivity contribution in [2.75, 3.05) is 24.3 Å². The maximum Gasteiger partial charge on any atom is 0.411 e. The summed E-state index contributed by atoms with van der Waals surface area (Å²) in [6, 6.07) is -0.0117. The molecule has 0 saturated heterocycles. The number of hydrogen-bond donors (Lipinski definition) is 2. The third kappa shape index (κ3) is 2.79. The lowest BCUT2D eigenvalue weighted by Crippen LogP contribution is -2.39. The van der Waals surface area contributed by atoms with E-state index in [1.54, 1.807) is 14.0 Å². The summed E-state index contributed by atoms with van der Waals surface area (Å²) in [5.74, 6) is 0.0107. The summed E-state index contributed by atoms with van der Waals surface area (Å²) < 4.78 is 43.6. The molecule has 19 heavy (non-hydrogen) atoms. The number of ether oxygens (including phenoxy) is 1. The minimum absolute atomic E-state index is 0.0117. The SMILES string of the molecule is CCOc1nc(NC)nc(NC2(C(F)(F)F)CC2)n1. The van der Waals surface area contributed by atoms with Gasteiger partial charge in [-0.2, -0.15) is 28.1 Å². The molecular formula is C10H14F3N5O. The second-order valence-corrected chi connectivity index (χ2v) is 4.15. The average Bonchev–Trinajstić information content (AvgIpc) is 3.09. The zero-order chi connectivity index (χ0) is 14.1. The summed E-state index contributed by atoms with van der Waals surface area (Å²) in [6.07, 6.45) is -4.30. The Hall–Kier alpha value is -1.80. The predicted octanol–water partition coefficient (Wildman–Crippen LogP) is 1.82. The summed E-state index contributed by atoms with van der Waals surface area (Å²) in [7, 11) is 1.56. The minimum Gasteiger partial charge on any atom is -0.464 e. The van der Waals surface area contributed by atoms with E-state index >= 15 is 0 Å². The number of nitrogens with one attached hydrogen (secondary N) is 2. The number of nitrogens with zero attached hydrogens (tertiary/aromatic N) is 3. The fourth-order valence-corrected chi connectivity index (χ4v) is 1.54. The third-order valence-electron chi connectivity index (χ3n) is 2.76. The number of anilines is 2. The normalized spacial score (nSPS) is 16.9. The van der Waals surface area contributed by atoms with Gasteiger partial charge in [-0.05, 0) is 19.8 Å². The first-order valence-corrected chi connectivity index (χ1v) is 5.82. The highest BCUT2D eigenvalue weighted by Gasteiger charge is 2.64. The van der Waals surface area contributed by atoms with Crippen LogP contribution in [0.1, 0.15) is 19.8 Å². The van der Waals surface area contributed by atoms with Crippen LogP contribution in [0.15, 0.2) is 0 Å². The van der Waals surface area contributed by atoms with Crippen LogP contribution in [0.3, 0.4) is 0 Å². The van der Waals surface area contributed by atoms with Gasteiger partial charge >= 0.3 is 12.2 Å². The summed E-state index contributed by atoms with van der Waals surface area (Å²) >= 11 is 0. The minimum atomic E-state index is -4.33. The molecule has 0 radical (unpaired) electrons. The molecule has 2 rings (SSSR count). The van der Waals surface area contributed by atoms with Crippen LogP contribution in [0.25, 0.3) is 0 Å². The second-order valence-electron chi connectivity index (χ2n) is 4.15. The first kappa shape index (κ1) is 13.6. The second kappa shape index (κ2) is 4.71. The van der Waals surface area contributed by atoms with Crippen molar-refractivity contribution in [1.29, 1.82) is 0 Å². The lowest BCUT2D eigenvalue weighted by molar-refractivity contribution is -0.151. The molecule has 1 aromatic rings. The highest BCUT2D eigenvalue weighted by atomic mass is 19.4. The van der Waals surface area contributed by atoms with Gasteiger partial charge in [0.1, 0.15) is 5.54 Å². The first-order valence-electron chi connectivity index (χ1n) is 5.82. The topological polar surface area (TPSA) is 72.0 Å². The van der Waals surface area contributed by atoms with Crippen molar-refractivity contribution >= 4 is 11.9 Å². The van der Waals surface area contributed by atoms with E-state index in [-0.39, 0.29) is 30.7 Å². The van der Waals surface area contributed by atoms with Crippen LogP contribution in [-0.4, -0.2) is 40.3 Å². The lowest BCUT2D eigenvalue weighted by atomic mass is 10.3. The Morgan fingerprint density at radius 3 is 2.32 bits per heavy atom. The summed E-state index contributed by atoms with van der Waals surface area (Å²) in [5.41, 5.74) is -1.91. The van der Waals surface area contributed by atoms with Crippen molar-refractivity contribution in [2.24, 2.45) is 0 Å². The van der Waals surface area contributed by atoms with E-state index in [0.717, 1.165) is 0 Å². The maximum absolute atomic E-state index is 12.8. The molecular weight excluding hydrogens is 263 g/mol. The molecule has 0 spiro atoms. The number of alkyl halides is 3. The predicted molar refractivity (Wildman–Crippen MR) is 62.2 cm³/mol. The zero-order valence-corrected chi connectivity index (χ0v) is 10.5. The third-order valence-corrected chi connectivity index (χ3v) is 2.76. The van der Waals surface area contributed by atoms with Crippen LogP contribution in [0, 0.1) is 0 Å². The van der Waals surface area contributed by atoms with Gasteiger partial charge in [-0.25, -0.2) is 0 Å². The van der Waals surface area contributed by atoms with Crippen LogP contribution in [0.5, 0.6) is 6.01 Å². The maximum atomic E-state index is 12.8. The average molecular weight is 277 g/mol. The summed E-state index contributed by atoms with van der Waals surface area (Å²) in [4.78, 5) is 11.5. The van der Waals surface area contributed by atoms with E-state index < -0.39 is 11.7 Å². The molecule has 1 saturated carbocycles. The molecule has 0 amide bonds. The van der Waals surface area contributed by atoms with Crippen molar-refractivity contribution < 1.29 is 17.9 Å². The lowest BCUT2D eigenvalue weighted by Gasteiger charge is -2.20. The van der Waals surface area contributed by atoms with Gasteiger partial charge in [0.2, 0.25) is 11.9 Å². The van der Waals surface area contributed by atoms with Gasteiger partial charge in [0, 0.05) is 7.05 Å². The molecule has 6 nitrogen and oxygen atoms in total. The molecule has 1 aliphatic rings. The van der Waals surface area contributed by atoms with E-state index in [1.165, 1.54) is 0 Å². The van der Waals surface area contributed by atoms with Crippen LogP contribution >= 0.6 is 0 Å². The highest BCUT2D eigenvalue weighted by Crippen LogP contribution is 2.50. The summed E-state index contributed by atoms with van der Waals surface area (Å²) in [6.45, 7) is 2.05. The van der Waals surface area contributed by atoms with E-state index in [2.05, 4.69) is 25.6 Å².